The van der Waals surface area contributed by atoms with Gasteiger partial charge in [0.25, 0.3) is 0 Å². The summed E-state index contributed by atoms with van der Waals surface area (Å²) in [7, 11) is 4.14. The van der Waals surface area contributed by atoms with Crippen LogP contribution in [0.1, 0.15) is 17.1 Å². The molecule has 3 aromatic rings. The molecule has 0 bridgehead atoms. The van der Waals surface area contributed by atoms with Gasteiger partial charge in [0.15, 0.2) is 0 Å². The van der Waals surface area contributed by atoms with Crippen LogP contribution in [-0.4, -0.2) is 28.6 Å². The number of halogens is 1. The van der Waals surface area contributed by atoms with E-state index in [0.717, 1.165) is 6.54 Å². The molecule has 0 unspecified atom stereocenters. The van der Waals surface area contributed by atoms with Crippen molar-refractivity contribution in [2.24, 2.45) is 0 Å². The Morgan fingerprint density at radius 1 is 1.00 bits per heavy atom. The van der Waals surface area contributed by atoms with E-state index in [1.807, 2.05) is 0 Å². The third kappa shape index (κ3) is 4.06. The van der Waals surface area contributed by atoms with Crippen molar-refractivity contribution in [3.8, 4) is 0 Å². The van der Waals surface area contributed by atoms with Gasteiger partial charge in [-0.3, -0.25) is 0 Å². The fourth-order valence-electron chi connectivity index (χ4n) is 2.55. The molecule has 0 fully saturated rings. The fourth-order valence-corrected chi connectivity index (χ4v) is 4.92. The minimum atomic E-state index is 0. The summed E-state index contributed by atoms with van der Waals surface area (Å²) in [6.45, 7) is 3.25. The maximum atomic E-state index is 2.43. The van der Waals surface area contributed by atoms with Crippen molar-refractivity contribution in [1.82, 2.24) is 0 Å². The van der Waals surface area contributed by atoms with E-state index < -0.39 is 0 Å². The van der Waals surface area contributed by atoms with Gasteiger partial charge in [-0.15, -0.1) is 0 Å². The number of benzene rings is 2. The molecule has 0 atom stereocenters. The first-order valence-electron chi connectivity index (χ1n) is 7.56. The summed E-state index contributed by atoms with van der Waals surface area (Å²) in [4.78, 5) is 2.12. The van der Waals surface area contributed by atoms with E-state index in [-0.39, 0.29) is 24.0 Å². The molecule has 0 aliphatic carbocycles. The summed E-state index contributed by atoms with van der Waals surface area (Å²) in [5.41, 5.74) is 3.87. The summed E-state index contributed by atoms with van der Waals surface area (Å²) in [5, 5.41) is 0. The third-order valence-corrected chi connectivity index (χ3v) is 6.15. The van der Waals surface area contributed by atoms with Gasteiger partial charge < -0.3 is 24.0 Å². The number of aromatic nitrogens is 1. The third-order valence-electron chi connectivity index (χ3n) is 3.78. The Balaban J connectivity index is 0.00000192. The van der Waals surface area contributed by atoms with Crippen LogP contribution in [0.15, 0.2) is 48.5 Å². The van der Waals surface area contributed by atoms with Gasteiger partial charge in [0.2, 0.25) is 0 Å². The summed E-state index contributed by atoms with van der Waals surface area (Å²) in [6.07, 6.45) is 4.51. The maximum absolute atomic E-state index is 2.43. The van der Waals surface area contributed by atoms with Crippen LogP contribution < -0.4 is 33.4 Å². The quantitative estimate of drug-likeness (QED) is 0.297. The summed E-state index contributed by atoms with van der Waals surface area (Å²) < 4.78 is 5.35. The van der Waals surface area contributed by atoms with E-state index in [2.05, 4.69) is 91.2 Å². The molecule has 0 aliphatic rings. The van der Waals surface area contributed by atoms with E-state index in [4.69, 9.17) is 0 Å². The van der Waals surface area contributed by atoms with E-state index in [0.29, 0.717) is 14.5 Å². The van der Waals surface area contributed by atoms with Crippen LogP contribution >= 0.6 is 0 Å². The number of anilines is 1. The van der Waals surface area contributed by atoms with Crippen LogP contribution in [0.25, 0.3) is 21.9 Å². The molecule has 0 amide bonds. The molecule has 0 saturated heterocycles. The molecule has 3 rings (SSSR count). The summed E-state index contributed by atoms with van der Waals surface area (Å²) in [6, 6.07) is 17.4. The van der Waals surface area contributed by atoms with Crippen molar-refractivity contribution in [1.29, 1.82) is 0 Å². The first-order valence-corrected chi connectivity index (χ1v) is 9.27. The number of rotatable bonds is 4. The molecular weight excluding hydrogens is 462 g/mol. The molecular formula is C19H21IN2Se. The Morgan fingerprint density at radius 3 is 2.35 bits per heavy atom. The maximum Gasteiger partial charge on any atom is -1.00 e. The van der Waals surface area contributed by atoms with Crippen molar-refractivity contribution in [3.63, 3.8) is 0 Å². The van der Waals surface area contributed by atoms with Gasteiger partial charge in [0.1, 0.15) is 0 Å². The molecule has 0 N–H and O–H groups in total. The number of nitrogens with zero attached hydrogens (tertiary/aromatic N) is 2. The first-order chi connectivity index (χ1) is 10.7. The minimum Gasteiger partial charge on any atom is -1.00 e. The zero-order chi connectivity index (χ0) is 15.5. The van der Waals surface area contributed by atoms with Gasteiger partial charge in [-0.2, -0.15) is 0 Å². The molecule has 1 aromatic heterocycles. The van der Waals surface area contributed by atoms with Gasteiger partial charge >= 0.3 is 138 Å². The summed E-state index contributed by atoms with van der Waals surface area (Å²) >= 11 is 0.409. The van der Waals surface area contributed by atoms with Crippen LogP contribution in [0.5, 0.6) is 0 Å². The molecule has 120 valence electrons. The Labute approximate surface area is 161 Å². The molecule has 0 spiro atoms. The second-order valence-electron chi connectivity index (χ2n) is 5.47. The van der Waals surface area contributed by atoms with Crippen LogP contribution in [0.4, 0.5) is 5.69 Å². The van der Waals surface area contributed by atoms with Crippen molar-refractivity contribution in [2.75, 3.05) is 19.0 Å². The van der Waals surface area contributed by atoms with Gasteiger partial charge in [-0.1, -0.05) is 0 Å². The SMILES string of the molecule is CC[n+]1c(C=Cc2ccc(N(C)C)cc2)[se]c2ccccc21.[I-]. The first kappa shape index (κ1) is 18.2. The van der Waals surface area contributed by atoms with Crippen molar-refractivity contribution in [2.45, 2.75) is 13.5 Å². The largest absolute Gasteiger partial charge is 1.00 e. The van der Waals surface area contributed by atoms with Crippen molar-refractivity contribution >= 4 is 42.1 Å². The predicted molar refractivity (Wildman–Crippen MR) is 96.5 cm³/mol. The number of para-hydroxylation sites is 1. The number of hydrogen-bond acceptors (Lipinski definition) is 1. The Bertz CT molecular complexity index is 804. The molecule has 0 aliphatic heterocycles. The number of hydrogen-bond donors (Lipinski definition) is 0. The van der Waals surface area contributed by atoms with Crippen LogP contribution in [0, 0.1) is 0 Å². The van der Waals surface area contributed by atoms with Crippen molar-refractivity contribution in [3.05, 3.63) is 58.7 Å². The van der Waals surface area contributed by atoms with Crippen LogP contribution in [-0.2, 0) is 6.54 Å². The topological polar surface area (TPSA) is 7.12 Å². The van der Waals surface area contributed by atoms with E-state index in [9.17, 15) is 0 Å². The second kappa shape index (κ2) is 8.13. The van der Waals surface area contributed by atoms with Gasteiger partial charge in [-0.25, -0.2) is 0 Å². The average Bonchev–Trinajstić information content (AvgIpc) is 2.90. The van der Waals surface area contributed by atoms with Gasteiger partial charge in [0.05, 0.1) is 0 Å². The summed E-state index contributed by atoms with van der Waals surface area (Å²) in [5.74, 6) is 0. The Morgan fingerprint density at radius 2 is 1.70 bits per heavy atom. The molecule has 0 radical (unpaired) electrons. The van der Waals surface area contributed by atoms with Gasteiger partial charge in [-0.05, 0) is 0 Å². The zero-order valence-electron chi connectivity index (χ0n) is 13.7. The normalized spacial score (nSPS) is 10.9. The average molecular weight is 483 g/mol. The van der Waals surface area contributed by atoms with Gasteiger partial charge in [0, 0.05) is 0 Å². The van der Waals surface area contributed by atoms with E-state index >= 15 is 0 Å². The molecule has 1 heterocycles. The van der Waals surface area contributed by atoms with Crippen molar-refractivity contribution < 1.29 is 28.5 Å². The van der Waals surface area contributed by atoms with Crippen LogP contribution in [0.3, 0.4) is 0 Å². The zero-order valence-corrected chi connectivity index (χ0v) is 17.5. The second-order valence-corrected chi connectivity index (χ2v) is 7.70. The standard InChI is InChI=1S/C19H21N2Se.HI/c1-4-21-17-7-5-6-8-18(17)22-19(21)14-11-15-9-12-16(13-10-15)20(2)3;/h5-14H,4H2,1-3H3;1H/q+1;/p-1. The monoisotopic (exact) mass is 484 g/mol. The van der Waals surface area contributed by atoms with E-state index in [1.165, 1.54) is 25.6 Å². The van der Waals surface area contributed by atoms with E-state index in [1.54, 1.807) is 0 Å². The number of aryl methyl sites for hydroxylation is 1. The molecule has 2 aromatic carbocycles. The smallest absolute Gasteiger partial charge is 1.00 e. The Kier molecular flexibility index (Phi) is 6.45. The minimum absolute atomic E-state index is 0. The molecule has 2 nitrogen and oxygen atoms in total. The Hall–Kier alpha value is -1.10. The molecule has 4 heteroatoms. The predicted octanol–water partition coefficient (Wildman–Crippen LogP) is 0.445. The molecule has 23 heavy (non-hydrogen) atoms. The number of fused-ring (bicyclic) bond motifs is 1. The van der Waals surface area contributed by atoms with Crippen LogP contribution in [0.2, 0.25) is 0 Å². The fraction of sp³-hybridized carbons (Fsp3) is 0.211. The molecule has 0 saturated carbocycles.